The maximum absolute atomic E-state index is 11.8. The van der Waals surface area contributed by atoms with Crippen molar-refractivity contribution >= 4 is 46.4 Å². The van der Waals surface area contributed by atoms with Gasteiger partial charge in [0.25, 0.3) is 5.91 Å². The number of halogens is 3. The lowest BCUT2D eigenvalue weighted by Gasteiger charge is -2.03. The minimum atomic E-state index is -0.332. The molecule has 3 nitrogen and oxygen atoms in total. The van der Waals surface area contributed by atoms with Gasteiger partial charge >= 0.3 is 0 Å². The first-order valence-corrected chi connectivity index (χ1v) is 5.80. The number of aromatic nitrogens is 1. The Balaban J connectivity index is 2.17. The number of amides is 1. The number of benzene rings is 1. The first kappa shape index (κ1) is 12.3. The maximum Gasteiger partial charge on any atom is 0.272 e. The summed E-state index contributed by atoms with van der Waals surface area (Å²) in [4.78, 5) is 14.5. The summed E-state index contributed by atoms with van der Waals surface area (Å²) >= 11 is 17.3. The van der Waals surface area contributed by atoms with E-state index in [1.54, 1.807) is 24.3 Å². The molecule has 1 amide bonds. The summed E-state index contributed by atoms with van der Waals surface area (Å²) in [5.74, 6) is -0.332. The Kier molecular flexibility index (Phi) is 3.62. The molecule has 0 atom stereocenters. The molecule has 88 valence electrons. The third-order valence-corrected chi connectivity index (χ3v) is 2.98. The van der Waals surface area contributed by atoms with Crippen LogP contribution >= 0.6 is 34.8 Å². The van der Waals surface area contributed by atoms with E-state index in [2.05, 4.69) is 10.3 Å². The van der Waals surface area contributed by atoms with Gasteiger partial charge in [0.15, 0.2) is 0 Å². The lowest BCUT2D eigenvalue weighted by atomic mass is 10.3. The van der Waals surface area contributed by atoms with Gasteiger partial charge in [-0.1, -0.05) is 40.9 Å². The van der Waals surface area contributed by atoms with Gasteiger partial charge in [0.2, 0.25) is 0 Å². The number of nitrogens with one attached hydrogen (secondary N) is 2. The van der Waals surface area contributed by atoms with Crippen molar-refractivity contribution in [3.8, 4) is 0 Å². The van der Waals surface area contributed by atoms with Crippen molar-refractivity contribution in [3.05, 3.63) is 51.2 Å². The predicted molar refractivity (Wildman–Crippen MR) is 70.2 cm³/mol. The van der Waals surface area contributed by atoms with Crippen LogP contribution in [0.1, 0.15) is 10.5 Å². The van der Waals surface area contributed by atoms with Crippen LogP contribution < -0.4 is 5.32 Å². The minimum absolute atomic E-state index is 0.239. The summed E-state index contributed by atoms with van der Waals surface area (Å²) in [6.45, 7) is 0. The van der Waals surface area contributed by atoms with Crippen molar-refractivity contribution in [3.63, 3.8) is 0 Å². The molecule has 0 spiro atoms. The molecule has 1 aromatic carbocycles. The molecule has 1 heterocycles. The Hall–Kier alpha value is -1.16. The van der Waals surface area contributed by atoms with Gasteiger partial charge < -0.3 is 10.3 Å². The van der Waals surface area contributed by atoms with Gasteiger partial charge in [0, 0.05) is 10.7 Å². The summed E-state index contributed by atoms with van der Waals surface area (Å²) in [7, 11) is 0. The summed E-state index contributed by atoms with van der Waals surface area (Å²) in [5.41, 5.74) is 0.893. The van der Waals surface area contributed by atoms with Crippen LogP contribution in [0.3, 0.4) is 0 Å². The first-order chi connectivity index (χ1) is 8.06. The molecule has 17 heavy (non-hydrogen) atoms. The highest BCUT2D eigenvalue weighted by atomic mass is 35.5. The van der Waals surface area contributed by atoms with Crippen molar-refractivity contribution in [2.24, 2.45) is 0 Å². The zero-order valence-corrected chi connectivity index (χ0v) is 10.7. The molecular weight excluding hydrogens is 282 g/mol. The summed E-state index contributed by atoms with van der Waals surface area (Å²) in [6.07, 6.45) is 0. The predicted octanol–water partition coefficient (Wildman–Crippen LogP) is 4.23. The summed E-state index contributed by atoms with van der Waals surface area (Å²) in [5, 5.41) is 3.76. The number of carbonyl (C=O) groups is 1. The van der Waals surface area contributed by atoms with Gasteiger partial charge in [-0.2, -0.15) is 0 Å². The zero-order chi connectivity index (χ0) is 12.4. The van der Waals surface area contributed by atoms with Crippen LogP contribution in [0.15, 0.2) is 30.3 Å². The fourth-order valence-corrected chi connectivity index (χ4v) is 1.79. The van der Waals surface area contributed by atoms with Gasteiger partial charge in [-0.05, 0) is 24.3 Å². The monoisotopic (exact) mass is 288 g/mol. The third kappa shape index (κ3) is 2.94. The molecule has 0 saturated heterocycles. The van der Waals surface area contributed by atoms with Gasteiger partial charge in [-0.3, -0.25) is 4.79 Å². The van der Waals surface area contributed by atoms with Gasteiger partial charge in [0.1, 0.15) is 10.8 Å². The second-order valence-electron chi connectivity index (χ2n) is 3.31. The van der Waals surface area contributed by atoms with Crippen LogP contribution in [0.5, 0.6) is 0 Å². The van der Waals surface area contributed by atoms with E-state index in [9.17, 15) is 4.79 Å². The normalized spacial score (nSPS) is 10.3. The largest absolute Gasteiger partial charge is 0.340 e. The quantitative estimate of drug-likeness (QED) is 0.854. The highest BCUT2D eigenvalue weighted by Crippen LogP contribution is 2.22. The molecule has 6 heteroatoms. The SMILES string of the molecule is O=C(Nc1cccc(Cl)c1)c1cc(Cl)c(Cl)[nH]1. The second-order valence-corrected chi connectivity index (χ2v) is 4.53. The van der Waals surface area contributed by atoms with E-state index >= 15 is 0 Å². The van der Waals surface area contributed by atoms with Gasteiger partial charge in [-0.25, -0.2) is 0 Å². The minimum Gasteiger partial charge on any atom is -0.340 e. The van der Waals surface area contributed by atoms with Crippen molar-refractivity contribution < 1.29 is 4.79 Å². The van der Waals surface area contributed by atoms with E-state index in [0.717, 1.165) is 0 Å². The highest BCUT2D eigenvalue weighted by molar-refractivity contribution is 6.41. The Labute approximate surface area is 113 Å². The molecule has 2 rings (SSSR count). The molecule has 0 aliphatic rings. The second kappa shape index (κ2) is 5.00. The molecule has 0 bridgehead atoms. The molecule has 0 saturated carbocycles. The van der Waals surface area contributed by atoms with E-state index in [0.29, 0.717) is 21.4 Å². The fraction of sp³-hybridized carbons (Fsp3) is 0. The standard InChI is InChI=1S/C11H7Cl3N2O/c12-6-2-1-3-7(4-6)15-11(17)9-5-8(13)10(14)16-9/h1-5,16H,(H,15,17). The Morgan fingerprint density at radius 2 is 1.94 bits per heavy atom. The van der Waals surface area contributed by atoms with Crippen molar-refractivity contribution in [2.45, 2.75) is 0 Å². The van der Waals surface area contributed by atoms with E-state index in [4.69, 9.17) is 34.8 Å². The van der Waals surface area contributed by atoms with E-state index in [-0.39, 0.29) is 11.1 Å². The topological polar surface area (TPSA) is 44.9 Å². The number of H-pyrrole nitrogens is 1. The van der Waals surface area contributed by atoms with E-state index < -0.39 is 0 Å². The van der Waals surface area contributed by atoms with Crippen LogP contribution in [0.2, 0.25) is 15.2 Å². The maximum atomic E-state index is 11.8. The van der Waals surface area contributed by atoms with Crippen molar-refractivity contribution in [2.75, 3.05) is 5.32 Å². The number of hydrogen-bond donors (Lipinski definition) is 2. The number of aromatic amines is 1. The molecule has 0 fully saturated rings. The van der Waals surface area contributed by atoms with Crippen molar-refractivity contribution in [1.29, 1.82) is 0 Å². The van der Waals surface area contributed by atoms with Crippen LogP contribution in [0.25, 0.3) is 0 Å². The molecule has 2 aromatic rings. The van der Waals surface area contributed by atoms with Gasteiger partial charge in [0.05, 0.1) is 5.02 Å². The first-order valence-electron chi connectivity index (χ1n) is 4.67. The summed E-state index contributed by atoms with van der Waals surface area (Å²) in [6, 6.07) is 8.30. The fourth-order valence-electron chi connectivity index (χ4n) is 1.29. The smallest absolute Gasteiger partial charge is 0.272 e. The van der Waals surface area contributed by atoms with Crippen LogP contribution in [0.4, 0.5) is 5.69 Å². The van der Waals surface area contributed by atoms with Crippen LogP contribution in [-0.2, 0) is 0 Å². The third-order valence-electron chi connectivity index (χ3n) is 2.05. The molecule has 0 aliphatic carbocycles. The molecule has 0 unspecified atom stereocenters. The lowest BCUT2D eigenvalue weighted by molar-refractivity contribution is 0.102. The average Bonchev–Trinajstić information content (AvgIpc) is 2.59. The molecule has 0 aliphatic heterocycles. The van der Waals surface area contributed by atoms with Crippen molar-refractivity contribution in [1.82, 2.24) is 4.98 Å². The number of rotatable bonds is 2. The number of hydrogen-bond acceptors (Lipinski definition) is 1. The average molecular weight is 290 g/mol. The highest BCUT2D eigenvalue weighted by Gasteiger charge is 2.11. The van der Waals surface area contributed by atoms with E-state index in [1.807, 2.05) is 0 Å². The Morgan fingerprint density at radius 1 is 1.18 bits per heavy atom. The molecule has 0 radical (unpaired) electrons. The zero-order valence-electron chi connectivity index (χ0n) is 8.43. The van der Waals surface area contributed by atoms with Crippen LogP contribution in [-0.4, -0.2) is 10.9 Å². The van der Waals surface area contributed by atoms with E-state index in [1.165, 1.54) is 6.07 Å². The lowest BCUT2D eigenvalue weighted by Crippen LogP contribution is -2.12. The molecule has 2 N–H and O–H groups in total. The van der Waals surface area contributed by atoms with Gasteiger partial charge in [-0.15, -0.1) is 0 Å². The number of anilines is 1. The Morgan fingerprint density at radius 3 is 2.53 bits per heavy atom. The Bertz CT molecular complexity index is 546. The molecular formula is C11H7Cl3N2O. The molecule has 1 aromatic heterocycles. The number of carbonyl (C=O) groups excluding carboxylic acids is 1. The summed E-state index contributed by atoms with van der Waals surface area (Å²) < 4.78 is 0. The van der Waals surface area contributed by atoms with Crippen LogP contribution in [0, 0.1) is 0 Å².